The second-order valence-corrected chi connectivity index (χ2v) is 7.09. The standard InChI is InChI=1S/C18H26N6O/c1-12(2)17(19)18(25)23-14-3-5-15(6-4-14)24-10-13(9-22-24)16-7-8-20-11-21-16/h7-12,14-15,17H,3-6,19H2,1-2H3,(H,23,25)/t14?,15?,17-/m0/s1. The molecule has 1 amide bonds. The first kappa shape index (κ1) is 17.5. The highest BCUT2D eigenvalue weighted by molar-refractivity contribution is 5.82. The van der Waals surface area contributed by atoms with E-state index >= 15 is 0 Å². The van der Waals surface area contributed by atoms with E-state index in [0.29, 0.717) is 6.04 Å². The number of carbonyl (C=O) groups excluding carboxylic acids is 1. The quantitative estimate of drug-likeness (QED) is 0.865. The second kappa shape index (κ2) is 7.74. The highest BCUT2D eigenvalue weighted by atomic mass is 16.2. The number of nitrogens with one attached hydrogen (secondary N) is 1. The van der Waals surface area contributed by atoms with Crippen LogP contribution in [0.1, 0.15) is 45.6 Å². The van der Waals surface area contributed by atoms with Crippen LogP contribution >= 0.6 is 0 Å². The molecule has 7 heteroatoms. The number of hydrogen-bond donors (Lipinski definition) is 2. The van der Waals surface area contributed by atoms with Crippen LogP contribution in [0, 0.1) is 5.92 Å². The zero-order valence-corrected chi connectivity index (χ0v) is 14.8. The highest BCUT2D eigenvalue weighted by Gasteiger charge is 2.26. The van der Waals surface area contributed by atoms with Crippen molar-refractivity contribution in [3.8, 4) is 11.3 Å². The van der Waals surface area contributed by atoms with Crippen LogP contribution in [0.15, 0.2) is 31.0 Å². The van der Waals surface area contributed by atoms with Crippen LogP contribution in [-0.2, 0) is 4.79 Å². The summed E-state index contributed by atoms with van der Waals surface area (Å²) in [7, 11) is 0. The largest absolute Gasteiger partial charge is 0.352 e. The molecule has 0 saturated heterocycles. The van der Waals surface area contributed by atoms with Crippen LogP contribution < -0.4 is 11.1 Å². The van der Waals surface area contributed by atoms with Gasteiger partial charge in [0.1, 0.15) is 6.33 Å². The fourth-order valence-electron chi connectivity index (χ4n) is 3.22. The lowest BCUT2D eigenvalue weighted by molar-refractivity contribution is -0.124. The maximum Gasteiger partial charge on any atom is 0.237 e. The topological polar surface area (TPSA) is 98.7 Å². The Bertz CT molecular complexity index is 691. The first-order chi connectivity index (χ1) is 12.0. The Kier molecular flexibility index (Phi) is 5.43. The molecule has 3 rings (SSSR count). The SMILES string of the molecule is CC(C)[C@H](N)C(=O)NC1CCC(n2cc(-c3ccncn3)cn2)CC1. The van der Waals surface area contributed by atoms with Gasteiger partial charge in [0, 0.05) is 24.0 Å². The van der Waals surface area contributed by atoms with Crippen LogP contribution in [0.5, 0.6) is 0 Å². The number of carbonyl (C=O) groups is 1. The highest BCUT2D eigenvalue weighted by Crippen LogP contribution is 2.29. The van der Waals surface area contributed by atoms with Crippen LogP contribution in [0.4, 0.5) is 0 Å². The van der Waals surface area contributed by atoms with Crippen molar-refractivity contribution in [2.24, 2.45) is 11.7 Å². The molecule has 1 saturated carbocycles. The van der Waals surface area contributed by atoms with Crippen molar-refractivity contribution >= 4 is 5.91 Å². The van der Waals surface area contributed by atoms with Gasteiger partial charge in [-0.15, -0.1) is 0 Å². The van der Waals surface area contributed by atoms with Gasteiger partial charge < -0.3 is 11.1 Å². The molecular formula is C18H26N6O. The summed E-state index contributed by atoms with van der Waals surface area (Å²) in [5.74, 6) is 0.115. The molecule has 134 valence electrons. The van der Waals surface area contributed by atoms with E-state index < -0.39 is 6.04 Å². The number of nitrogens with two attached hydrogens (primary N) is 1. The molecule has 0 bridgehead atoms. The predicted octanol–water partition coefficient (Wildman–Crippen LogP) is 1.92. The summed E-state index contributed by atoms with van der Waals surface area (Å²) in [6.45, 7) is 3.93. The van der Waals surface area contributed by atoms with Crippen LogP contribution in [0.25, 0.3) is 11.3 Å². The first-order valence-corrected chi connectivity index (χ1v) is 8.91. The van der Waals surface area contributed by atoms with Crippen molar-refractivity contribution in [1.82, 2.24) is 25.1 Å². The lowest BCUT2D eigenvalue weighted by atomic mass is 9.90. The van der Waals surface area contributed by atoms with E-state index in [4.69, 9.17) is 5.73 Å². The molecule has 2 heterocycles. The van der Waals surface area contributed by atoms with Gasteiger partial charge in [0.25, 0.3) is 0 Å². The van der Waals surface area contributed by atoms with E-state index in [2.05, 4.69) is 20.4 Å². The third kappa shape index (κ3) is 4.22. The minimum absolute atomic E-state index is 0.0383. The Morgan fingerprint density at radius 3 is 2.72 bits per heavy atom. The van der Waals surface area contributed by atoms with Gasteiger partial charge >= 0.3 is 0 Å². The Balaban J connectivity index is 1.54. The Labute approximate surface area is 148 Å². The molecule has 2 aromatic heterocycles. The molecule has 0 aromatic carbocycles. The molecule has 25 heavy (non-hydrogen) atoms. The van der Waals surface area contributed by atoms with Crippen molar-refractivity contribution in [3.63, 3.8) is 0 Å². The third-order valence-electron chi connectivity index (χ3n) is 4.92. The van der Waals surface area contributed by atoms with Gasteiger partial charge in [-0.25, -0.2) is 9.97 Å². The molecule has 0 aliphatic heterocycles. The summed E-state index contributed by atoms with van der Waals surface area (Å²) < 4.78 is 2.02. The van der Waals surface area contributed by atoms with Gasteiger partial charge in [-0.2, -0.15) is 5.10 Å². The van der Waals surface area contributed by atoms with Gasteiger partial charge in [0.2, 0.25) is 5.91 Å². The number of nitrogens with zero attached hydrogens (tertiary/aromatic N) is 4. The average Bonchev–Trinajstić information content (AvgIpc) is 3.12. The normalized spacial score (nSPS) is 21.9. The minimum atomic E-state index is -0.431. The molecule has 7 nitrogen and oxygen atoms in total. The molecule has 1 fully saturated rings. The van der Waals surface area contributed by atoms with Gasteiger partial charge in [0.15, 0.2) is 0 Å². The molecule has 3 N–H and O–H groups in total. The zero-order valence-electron chi connectivity index (χ0n) is 14.8. The Morgan fingerprint density at radius 2 is 2.08 bits per heavy atom. The summed E-state index contributed by atoms with van der Waals surface area (Å²) in [6, 6.07) is 2.03. The van der Waals surface area contributed by atoms with Gasteiger partial charge in [-0.05, 0) is 37.7 Å². The fraction of sp³-hybridized carbons (Fsp3) is 0.556. The van der Waals surface area contributed by atoms with Crippen molar-refractivity contribution in [1.29, 1.82) is 0 Å². The monoisotopic (exact) mass is 342 g/mol. The predicted molar refractivity (Wildman–Crippen MR) is 95.5 cm³/mol. The summed E-state index contributed by atoms with van der Waals surface area (Å²) in [5.41, 5.74) is 7.80. The fourth-order valence-corrected chi connectivity index (χ4v) is 3.22. The lowest BCUT2D eigenvalue weighted by Gasteiger charge is -2.30. The molecule has 0 unspecified atom stereocenters. The van der Waals surface area contributed by atoms with Crippen LogP contribution in [0.3, 0.4) is 0 Å². The zero-order chi connectivity index (χ0) is 17.8. The van der Waals surface area contributed by atoms with E-state index in [9.17, 15) is 4.79 Å². The average molecular weight is 342 g/mol. The van der Waals surface area contributed by atoms with E-state index in [-0.39, 0.29) is 17.9 Å². The van der Waals surface area contributed by atoms with E-state index in [1.54, 1.807) is 12.5 Å². The summed E-state index contributed by atoms with van der Waals surface area (Å²) >= 11 is 0. The molecule has 1 atom stereocenters. The summed E-state index contributed by atoms with van der Waals surface area (Å²) in [6.07, 6.45) is 11.0. The minimum Gasteiger partial charge on any atom is -0.352 e. The maximum absolute atomic E-state index is 12.1. The van der Waals surface area contributed by atoms with E-state index in [1.165, 1.54) is 0 Å². The molecule has 2 aromatic rings. The Morgan fingerprint density at radius 1 is 1.32 bits per heavy atom. The Hall–Kier alpha value is -2.28. The number of amides is 1. The van der Waals surface area contributed by atoms with Crippen LogP contribution in [-0.4, -0.2) is 37.7 Å². The van der Waals surface area contributed by atoms with Crippen LogP contribution in [0.2, 0.25) is 0 Å². The number of rotatable bonds is 5. The number of aromatic nitrogens is 4. The molecule has 1 aliphatic carbocycles. The molecule has 1 aliphatic rings. The van der Waals surface area contributed by atoms with Crippen molar-refractivity contribution in [2.45, 2.75) is 57.7 Å². The molecule has 0 radical (unpaired) electrons. The van der Waals surface area contributed by atoms with E-state index in [1.807, 2.05) is 37.0 Å². The first-order valence-electron chi connectivity index (χ1n) is 8.91. The summed E-state index contributed by atoms with van der Waals surface area (Å²) in [5, 5.41) is 7.60. The van der Waals surface area contributed by atoms with Crippen molar-refractivity contribution < 1.29 is 4.79 Å². The lowest BCUT2D eigenvalue weighted by Crippen LogP contribution is -2.48. The molecule has 0 spiro atoms. The van der Waals surface area contributed by atoms with Gasteiger partial charge in [-0.3, -0.25) is 9.48 Å². The third-order valence-corrected chi connectivity index (χ3v) is 4.92. The van der Waals surface area contributed by atoms with Crippen molar-refractivity contribution in [2.75, 3.05) is 0 Å². The summed E-state index contributed by atoms with van der Waals surface area (Å²) in [4.78, 5) is 20.3. The van der Waals surface area contributed by atoms with Gasteiger partial charge in [-0.1, -0.05) is 13.8 Å². The van der Waals surface area contributed by atoms with E-state index in [0.717, 1.165) is 36.9 Å². The number of hydrogen-bond acceptors (Lipinski definition) is 5. The smallest absolute Gasteiger partial charge is 0.237 e. The van der Waals surface area contributed by atoms with Crippen molar-refractivity contribution in [3.05, 3.63) is 31.0 Å². The second-order valence-electron chi connectivity index (χ2n) is 7.09. The van der Waals surface area contributed by atoms with Gasteiger partial charge in [0.05, 0.1) is 24.0 Å². The maximum atomic E-state index is 12.1. The molecular weight excluding hydrogens is 316 g/mol.